The topological polar surface area (TPSA) is 71.1 Å². The molecule has 3 heterocycles. The Labute approximate surface area is 176 Å². The van der Waals surface area contributed by atoms with Gasteiger partial charge in [-0.25, -0.2) is 9.18 Å². The van der Waals surface area contributed by atoms with Crippen molar-refractivity contribution in [3.05, 3.63) is 35.1 Å². The summed E-state index contributed by atoms with van der Waals surface area (Å²) in [4.78, 5) is 27.5. The van der Waals surface area contributed by atoms with E-state index in [2.05, 4.69) is 5.32 Å². The maximum Gasteiger partial charge on any atom is 0.416 e. The van der Waals surface area contributed by atoms with Crippen molar-refractivity contribution in [3.63, 3.8) is 0 Å². The lowest BCUT2D eigenvalue weighted by molar-refractivity contribution is -0.141. The smallest absolute Gasteiger partial charge is 0.367 e. The number of nitrogens with one attached hydrogen (secondary N) is 1. The molecule has 0 aromatic heterocycles. The SMILES string of the molecule is CC1(OCc2ccc(C(F)(F)F)cc2F)CN(C(=O)N2CC[C@@H]3OCC(=O)N[C@@H]3C2)C1. The van der Waals surface area contributed by atoms with Crippen LogP contribution < -0.4 is 5.32 Å². The molecule has 0 radical (unpaired) electrons. The average molecular weight is 445 g/mol. The number of piperidine rings is 1. The summed E-state index contributed by atoms with van der Waals surface area (Å²) in [5, 5.41) is 2.84. The molecule has 0 aliphatic carbocycles. The first-order chi connectivity index (χ1) is 14.5. The normalized spacial score (nSPS) is 25.5. The van der Waals surface area contributed by atoms with Gasteiger partial charge in [0.1, 0.15) is 18.0 Å². The van der Waals surface area contributed by atoms with Crippen LogP contribution in [0.25, 0.3) is 0 Å². The highest BCUT2D eigenvalue weighted by Gasteiger charge is 2.45. The molecule has 170 valence electrons. The number of carbonyl (C=O) groups is 2. The van der Waals surface area contributed by atoms with Gasteiger partial charge in [-0.05, 0) is 25.5 Å². The fraction of sp³-hybridized carbons (Fsp3) is 0.600. The van der Waals surface area contributed by atoms with Crippen LogP contribution in [0.15, 0.2) is 18.2 Å². The lowest BCUT2D eigenvalue weighted by atomic mass is 9.96. The van der Waals surface area contributed by atoms with Gasteiger partial charge < -0.3 is 24.6 Å². The summed E-state index contributed by atoms with van der Waals surface area (Å²) in [6.07, 6.45) is -4.07. The van der Waals surface area contributed by atoms with Crippen LogP contribution in [0, 0.1) is 5.82 Å². The quantitative estimate of drug-likeness (QED) is 0.724. The van der Waals surface area contributed by atoms with Gasteiger partial charge in [0, 0.05) is 18.7 Å². The van der Waals surface area contributed by atoms with Crippen LogP contribution >= 0.6 is 0 Å². The number of likely N-dealkylation sites (tertiary alicyclic amines) is 2. The largest absolute Gasteiger partial charge is 0.416 e. The lowest BCUT2D eigenvalue weighted by Crippen LogP contribution is -2.68. The Morgan fingerprint density at radius 3 is 2.74 bits per heavy atom. The van der Waals surface area contributed by atoms with Crippen LogP contribution in [0.5, 0.6) is 0 Å². The van der Waals surface area contributed by atoms with E-state index in [-0.39, 0.29) is 56.0 Å². The second-order valence-corrected chi connectivity index (χ2v) is 8.44. The predicted molar refractivity (Wildman–Crippen MR) is 99.4 cm³/mol. The lowest BCUT2D eigenvalue weighted by Gasteiger charge is -2.50. The Morgan fingerprint density at radius 1 is 1.32 bits per heavy atom. The number of nitrogens with zero attached hydrogens (tertiary/aromatic N) is 2. The van der Waals surface area contributed by atoms with Crippen LogP contribution in [-0.2, 0) is 27.1 Å². The molecule has 7 nitrogen and oxygen atoms in total. The number of hydrogen-bond donors (Lipinski definition) is 1. The Kier molecular flexibility index (Phi) is 5.59. The number of hydrogen-bond acceptors (Lipinski definition) is 4. The minimum atomic E-state index is -4.61. The highest BCUT2D eigenvalue weighted by atomic mass is 19.4. The third kappa shape index (κ3) is 4.62. The van der Waals surface area contributed by atoms with Crippen LogP contribution in [0.1, 0.15) is 24.5 Å². The number of halogens is 4. The molecule has 0 bridgehead atoms. The van der Waals surface area contributed by atoms with Gasteiger partial charge in [0.25, 0.3) is 0 Å². The van der Waals surface area contributed by atoms with E-state index in [1.807, 2.05) is 0 Å². The van der Waals surface area contributed by atoms with Crippen LogP contribution in [0.3, 0.4) is 0 Å². The van der Waals surface area contributed by atoms with Crippen molar-refractivity contribution in [2.24, 2.45) is 0 Å². The molecule has 3 aliphatic heterocycles. The molecule has 1 N–H and O–H groups in total. The van der Waals surface area contributed by atoms with E-state index >= 15 is 0 Å². The van der Waals surface area contributed by atoms with Crippen LogP contribution in [0.4, 0.5) is 22.4 Å². The highest BCUT2D eigenvalue weighted by molar-refractivity contribution is 5.79. The van der Waals surface area contributed by atoms with Crippen LogP contribution in [0.2, 0.25) is 0 Å². The zero-order valence-corrected chi connectivity index (χ0v) is 16.9. The van der Waals surface area contributed by atoms with Crippen LogP contribution in [-0.4, -0.2) is 72.3 Å². The first-order valence-corrected chi connectivity index (χ1v) is 9.98. The molecular formula is C20H23F4N3O4. The van der Waals surface area contributed by atoms with E-state index in [4.69, 9.17) is 9.47 Å². The summed E-state index contributed by atoms with van der Waals surface area (Å²) >= 11 is 0. The molecule has 1 aromatic carbocycles. The van der Waals surface area contributed by atoms with Crippen molar-refractivity contribution in [2.75, 3.05) is 32.8 Å². The summed E-state index contributed by atoms with van der Waals surface area (Å²) in [5.41, 5.74) is -1.75. The number of ether oxygens (including phenoxy) is 2. The molecule has 1 aromatic rings. The summed E-state index contributed by atoms with van der Waals surface area (Å²) in [6.45, 7) is 3.04. The molecule has 3 fully saturated rings. The maximum atomic E-state index is 14.0. The zero-order chi connectivity index (χ0) is 22.4. The molecule has 0 spiro atoms. The predicted octanol–water partition coefficient (Wildman–Crippen LogP) is 2.14. The highest BCUT2D eigenvalue weighted by Crippen LogP contribution is 2.32. The Morgan fingerprint density at radius 2 is 2.06 bits per heavy atom. The summed E-state index contributed by atoms with van der Waals surface area (Å²) in [7, 11) is 0. The molecule has 0 unspecified atom stereocenters. The fourth-order valence-electron chi connectivity index (χ4n) is 4.15. The molecule has 3 aliphatic rings. The van der Waals surface area contributed by atoms with E-state index in [0.717, 1.165) is 12.1 Å². The molecule has 3 amide bonds. The van der Waals surface area contributed by atoms with E-state index in [1.54, 1.807) is 16.7 Å². The van der Waals surface area contributed by atoms with Crippen molar-refractivity contribution in [1.29, 1.82) is 0 Å². The minimum absolute atomic E-state index is 0.0223. The number of alkyl halides is 3. The second-order valence-electron chi connectivity index (χ2n) is 8.44. The monoisotopic (exact) mass is 445 g/mol. The van der Waals surface area contributed by atoms with Gasteiger partial charge in [-0.2, -0.15) is 13.2 Å². The number of fused-ring (bicyclic) bond motifs is 1. The maximum absolute atomic E-state index is 14.0. The van der Waals surface area contributed by atoms with Gasteiger partial charge in [0.05, 0.1) is 37.4 Å². The van der Waals surface area contributed by atoms with Gasteiger partial charge >= 0.3 is 12.2 Å². The molecular weight excluding hydrogens is 422 g/mol. The average Bonchev–Trinajstić information content (AvgIpc) is 2.69. The molecule has 3 saturated heterocycles. The number of carbonyl (C=O) groups excluding carboxylic acids is 2. The van der Waals surface area contributed by atoms with Crippen molar-refractivity contribution < 1.29 is 36.6 Å². The van der Waals surface area contributed by atoms with E-state index in [1.165, 1.54) is 0 Å². The van der Waals surface area contributed by atoms with Gasteiger partial charge in [0.15, 0.2) is 0 Å². The van der Waals surface area contributed by atoms with Gasteiger partial charge in [-0.3, -0.25) is 4.79 Å². The summed E-state index contributed by atoms with van der Waals surface area (Å²) < 4.78 is 63.2. The Balaban J connectivity index is 1.28. The third-order valence-electron chi connectivity index (χ3n) is 5.87. The van der Waals surface area contributed by atoms with Crippen molar-refractivity contribution >= 4 is 11.9 Å². The van der Waals surface area contributed by atoms with E-state index in [9.17, 15) is 27.2 Å². The number of benzene rings is 1. The minimum Gasteiger partial charge on any atom is -0.367 e. The fourth-order valence-corrected chi connectivity index (χ4v) is 4.15. The first kappa shape index (κ1) is 21.8. The number of urea groups is 1. The number of morpholine rings is 1. The van der Waals surface area contributed by atoms with Gasteiger partial charge in [0.2, 0.25) is 5.91 Å². The molecule has 2 atom stereocenters. The third-order valence-corrected chi connectivity index (χ3v) is 5.87. The molecule has 11 heteroatoms. The second kappa shape index (κ2) is 7.94. The standard InChI is InChI=1S/C20H23F4N3O4/c1-19(31-8-12-2-3-13(6-14(12)21)20(22,23)24)10-27(11-19)18(29)26-5-4-16-15(7-26)25-17(28)9-30-16/h2-3,6,15-16H,4-5,7-11H2,1H3,(H,25,28)/t15-,16+/m1/s1. The van der Waals surface area contributed by atoms with Crippen molar-refractivity contribution in [1.82, 2.24) is 15.1 Å². The first-order valence-electron chi connectivity index (χ1n) is 9.98. The van der Waals surface area contributed by atoms with Crippen molar-refractivity contribution in [2.45, 2.75) is 43.9 Å². The summed E-state index contributed by atoms with van der Waals surface area (Å²) in [5.74, 6) is -1.18. The van der Waals surface area contributed by atoms with E-state index < -0.39 is 23.2 Å². The van der Waals surface area contributed by atoms with Gasteiger partial charge in [-0.15, -0.1) is 0 Å². The number of amides is 3. The Hall–Kier alpha value is -2.40. The Bertz CT molecular complexity index is 872. The van der Waals surface area contributed by atoms with Gasteiger partial charge in [-0.1, -0.05) is 6.07 Å². The molecule has 0 saturated carbocycles. The number of rotatable bonds is 3. The molecule has 4 rings (SSSR count). The van der Waals surface area contributed by atoms with Crippen molar-refractivity contribution in [3.8, 4) is 0 Å². The molecule has 31 heavy (non-hydrogen) atoms. The summed E-state index contributed by atoms with van der Waals surface area (Å²) in [6, 6.07) is 1.92. The zero-order valence-electron chi connectivity index (χ0n) is 16.9. The van der Waals surface area contributed by atoms with E-state index in [0.29, 0.717) is 25.6 Å².